The van der Waals surface area contributed by atoms with E-state index in [4.69, 9.17) is 19.4 Å². The molecule has 78 heavy (non-hydrogen) atoms. The molecular weight excluding hydrogens is 1020 g/mol. The van der Waals surface area contributed by atoms with Crippen molar-refractivity contribution < 1.29 is 28.7 Å². The summed E-state index contributed by atoms with van der Waals surface area (Å²) in [6.45, 7) is 1.34. The molecule has 4 bridgehead atoms. The predicted molar refractivity (Wildman–Crippen MR) is 309 cm³/mol. The molecule has 4 N–H and O–H groups in total. The molecule has 0 spiro atoms. The first-order valence-electron chi connectivity index (χ1n) is 27.9. The van der Waals surface area contributed by atoms with Crippen molar-refractivity contribution >= 4 is 47.5 Å². The molecule has 4 amide bonds. The summed E-state index contributed by atoms with van der Waals surface area (Å²) in [6.07, 6.45) is 18.0. The van der Waals surface area contributed by atoms with E-state index in [0.717, 1.165) is 110 Å². The van der Waals surface area contributed by atoms with E-state index in [1.807, 2.05) is 34.7 Å². The van der Waals surface area contributed by atoms with Crippen LogP contribution in [0.5, 0.6) is 0 Å². The number of H-pyrrole nitrogens is 2. The van der Waals surface area contributed by atoms with Gasteiger partial charge in [0, 0.05) is 36.6 Å². The molecule has 2 saturated carbocycles. The van der Waals surface area contributed by atoms with Crippen LogP contribution in [0.3, 0.4) is 0 Å². The van der Waals surface area contributed by atoms with Crippen molar-refractivity contribution in [1.29, 1.82) is 0 Å². The molecule has 14 nitrogen and oxygen atoms in total. The highest BCUT2D eigenvalue weighted by Crippen LogP contribution is 2.51. The molecule has 408 valence electrons. The lowest BCUT2D eigenvalue weighted by atomic mass is 9.87. The zero-order chi connectivity index (χ0) is 53.9. The Bertz CT molecular complexity index is 2920. The van der Waals surface area contributed by atoms with Crippen molar-refractivity contribution in [2.75, 3.05) is 51.3 Å². The minimum atomic E-state index is -0.655. The SMILES string of the molecule is COC(=O)N[C@@H](CCSC)C(=O)N1CC2CCCC2[C@H]1c1nc(-c2ccc(-c3cc4ccc3CCc3ccc(c(-c5ccc(-c6c[nH]c([C@@H]7C8CCCC8CN7C(=O)[C@H](CCSC)NC(=O)OC)n6)cc5)c3)CC4)cc2)c[nH]1. The summed E-state index contributed by atoms with van der Waals surface area (Å²) in [5, 5.41) is 5.63. The molecule has 16 heteroatoms. The van der Waals surface area contributed by atoms with Gasteiger partial charge in [-0.25, -0.2) is 19.6 Å². The van der Waals surface area contributed by atoms with Crippen LogP contribution in [0.1, 0.15) is 97.4 Å². The second-order valence-electron chi connectivity index (χ2n) is 22.0. The van der Waals surface area contributed by atoms with Gasteiger partial charge in [-0.3, -0.25) is 9.59 Å². The number of fused-ring (bicyclic) bond motifs is 2. The Kier molecular flexibility index (Phi) is 16.3. The summed E-state index contributed by atoms with van der Waals surface area (Å²) in [4.78, 5) is 74.3. The third-order valence-electron chi connectivity index (χ3n) is 17.6. The highest BCUT2D eigenvalue weighted by Gasteiger charge is 2.50. The maximum absolute atomic E-state index is 14.2. The number of thioether (sulfide) groups is 2. The number of nitrogens with zero attached hydrogens (tertiary/aromatic N) is 4. The van der Waals surface area contributed by atoms with Crippen LogP contribution in [-0.2, 0) is 44.7 Å². The highest BCUT2D eigenvalue weighted by atomic mass is 32.2. The van der Waals surface area contributed by atoms with Crippen molar-refractivity contribution in [3.63, 3.8) is 0 Å². The smallest absolute Gasteiger partial charge is 0.407 e. The molecule has 2 saturated heterocycles. The Hall–Kier alpha value is -6.52. The van der Waals surface area contributed by atoms with Crippen LogP contribution in [0.25, 0.3) is 44.8 Å². The molecule has 0 radical (unpaired) electrons. The van der Waals surface area contributed by atoms with Crippen molar-refractivity contribution in [1.82, 2.24) is 40.4 Å². The average Bonchev–Trinajstić information content (AvgIpc) is 4.52. The van der Waals surface area contributed by atoms with Gasteiger partial charge in [-0.1, -0.05) is 97.8 Å². The number of aryl methyl sites for hydroxylation is 4. The van der Waals surface area contributed by atoms with Gasteiger partial charge in [-0.2, -0.15) is 23.5 Å². The van der Waals surface area contributed by atoms with Gasteiger partial charge in [0.1, 0.15) is 23.7 Å². The Balaban J connectivity index is 0.778. The van der Waals surface area contributed by atoms with Crippen LogP contribution >= 0.6 is 23.5 Å². The van der Waals surface area contributed by atoms with Gasteiger partial charge in [0.25, 0.3) is 0 Å². The topological polar surface area (TPSA) is 175 Å². The van der Waals surface area contributed by atoms with Crippen LogP contribution in [0.4, 0.5) is 9.59 Å². The fourth-order valence-corrected chi connectivity index (χ4v) is 14.5. The quantitative estimate of drug-likeness (QED) is 0.0730. The second kappa shape index (κ2) is 23.8. The molecule has 6 aliphatic carbocycles. The number of rotatable bonds is 16. The van der Waals surface area contributed by atoms with Gasteiger partial charge < -0.3 is 39.9 Å². The first-order valence-corrected chi connectivity index (χ1v) is 30.7. The summed E-state index contributed by atoms with van der Waals surface area (Å²) in [6, 6.07) is 29.9. The van der Waals surface area contributed by atoms with E-state index in [2.05, 4.69) is 106 Å². The molecule has 4 fully saturated rings. The molecular formula is C62H72N8O6S2. The number of amides is 4. The molecule has 4 unspecified atom stereocenters. The zero-order valence-electron chi connectivity index (χ0n) is 45.2. The number of likely N-dealkylation sites (tertiary alicyclic amines) is 2. The zero-order valence-corrected chi connectivity index (χ0v) is 46.9. The summed E-state index contributed by atoms with van der Waals surface area (Å²) in [7, 11) is 2.66. The Morgan fingerprint density at radius 2 is 0.987 bits per heavy atom. The van der Waals surface area contributed by atoms with Gasteiger partial charge in [0.05, 0.1) is 37.7 Å². The molecule has 14 rings (SSSR count). The summed E-state index contributed by atoms with van der Waals surface area (Å²) in [5.41, 5.74) is 13.9. The number of benzene rings is 4. The van der Waals surface area contributed by atoms with Crippen LogP contribution in [0.2, 0.25) is 0 Å². The molecule has 4 heterocycles. The van der Waals surface area contributed by atoms with E-state index in [1.54, 1.807) is 23.5 Å². The van der Waals surface area contributed by atoms with Crippen molar-refractivity contribution in [2.24, 2.45) is 23.7 Å². The van der Waals surface area contributed by atoms with Crippen LogP contribution < -0.4 is 10.6 Å². The Labute approximate surface area is 466 Å². The summed E-state index contributed by atoms with van der Waals surface area (Å²) in [5.74, 6) is 4.45. The average molecular weight is 1090 g/mol. The molecule has 8 atom stereocenters. The van der Waals surface area contributed by atoms with Gasteiger partial charge in [-0.05, 0) is 156 Å². The lowest BCUT2D eigenvalue weighted by molar-refractivity contribution is -0.135. The monoisotopic (exact) mass is 1090 g/mol. The van der Waals surface area contributed by atoms with E-state index in [1.165, 1.54) is 58.7 Å². The highest BCUT2D eigenvalue weighted by molar-refractivity contribution is 7.98. The predicted octanol–water partition coefficient (Wildman–Crippen LogP) is 11.2. The second-order valence-corrected chi connectivity index (χ2v) is 24.0. The minimum Gasteiger partial charge on any atom is -0.453 e. The minimum absolute atomic E-state index is 0.0694. The number of alkyl carbamates (subject to hydrolysis) is 2. The molecule has 2 aliphatic heterocycles. The number of ether oxygens (including phenoxy) is 2. The van der Waals surface area contributed by atoms with E-state index >= 15 is 0 Å². The number of aromatic amines is 2. The third kappa shape index (κ3) is 11.1. The fourth-order valence-electron chi connectivity index (χ4n) is 13.6. The standard InChI is InChI=1S/C62H72N8O6S2/c1-75-61(73)67-51(27-29-77-3)59(71)69-35-45-7-5-9-47(45)55(69)57-63-33-53(65-57)43-23-19-41(20-24-43)49-31-37-11-15-39(49)17-13-38-12-16-40(18-14-37)50(32-38)42-21-25-44(26-22-42)54-34-64-58(66-54)56-48-10-6-8-46(48)36-70(56)60(72)52(28-30-78-4)68-62(74)76-2/h11-12,15-16,19-26,31-34,45-48,51-52,55-56H,5-10,13-14,17-18,27-30,35-36H2,1-4H3,(H,63,65)(H,64,66)(H,67,73)(H,68,74)/t45?,46?,47?,48?,51-,52-,55-,56-/m0/s1. The number of nitrogens with one attached hydrogen (secondary N) is 4. The lowest BCUT2D eigenvalue weighted by Gasteiger charge is -2.30. The maximum atomic E-state index is 14.2. The normalized spacial score (nSPS) is 22.1. The number of hydrogen-bond acceptors (Lipinski definition) is 10. The number of carbonyl (C=O) groups excluding carboxylic acids is 4. The molecule has 2 aromatic heterocycles. The van der Waals surface area contributed by atoms with Gasteiger partial charge in [-0.15, -0.1) is 0 Å². The van der Waals surface area contributed by atoms with E-state index in [-0.39, 0.29) is 23.9 Å². The summed E-state index contributed by atoms with van der Waals surface area (Å²) < 4.78 is 9.81. The van der Waals surface area contributed by atoms with E-state index in [0.29, 0.717) is 49.6 Å². The van der Waals surface area contributed by atoms with Crippen LogP contribution in [-0.4, -0.2) is 117 Å². The molecule has 4 aromatic carbocycles. The van der Waals surface area contributed by atoms with Crippen molar-refractivity contribution in [2.45, 2.75) is 101 Å². The van der Waals surface area contributed by atoms with Crippen LogP contribution in [0, 0.1) is 23.7 Å². The molecule has 6 aromatic rings. The third-order valence-corrected chi connectivity index (χ3v) is 18.9. The van der Waals surface area contributed by atoms with E-state index in [9.17, 15) is 19.2 Å². The van der Waals surface area contributed by atoms with E-state index < -0.39 is 24.3 Å². The first-order chi connectivity index (χ1) is 38.1. The number of imidazole rings is 2. The van der Waals surface area contributed by atoms with Gasteiger partial charge in [0.15, 0.2) is 0 Å². The van der Waals surface area contributed by atoms with Crippen LogP contribution in [0.15, 0.2) is 97.3 Å². The number of aromatic nitrogens is 4. The fraction of sp³-hybridized carbons (Fsp3) is 0.452. The largest absolute Gasteiger partial charge is 0.453 e. The van der Waals surface area contributed by atoms with Gasteiger partial charge >= 0.3 is 12.2 Å². The molecule has 8 aliphatic rings. The number of carbonyl (C=O) groups is 4. The number of hydrogen-bond donors (Lipinski definition) is 4. The first kappa shape index (κ1) is 53.5. The Morgan fingerprint density at radius 1 is 0.577 bits per heavy atom. The maximum Gasteiger partial charge on any atom is 0.407 e. The lowest BCUT2D eigenvalue weighted by Crippen LogP contribution is -2.49. The Morgan fingerprint density at radius 3 is 1.38 bits per heavy atom. The van der Waals surface area contributed by atoms with Crippen molar-refractivity contribution in [3.8, 4) is 44.8 Å². The number of methoxy groups -OCH3 is 2. The van der Waals surface area contributed by atoms with Gasteiger partial charge in [0.2, 0.25) is 11.8 Å². The summed E-state index contributed by atoms with van der Waals surface area (Å²) >= 11 is 3.31. The van der Waals surface area contributed by atoms with Crippen molar-refractivity contribution in [3.05, 3.63) is 131 Å².